The zero-order valence-electron chi connectivity index (χ0n) is 9.03. The van der Waals surface area contributed by atoms with E-state index in [0.29, 0.717) is 5.92 Å². The van der Waals surface area contributed by atoms with Crippen LogP contribution < -0.4 is 5.32 Å². The maximum atomic E-state index is 4.50. The van der Waals surface area contributed by atoms with Crippen molar-refractivity contribution in [2.75, 3.05) is 6.54 Å². The molecule has 0 unspecified atom stereocenters. The lowest BCUT2D eigenvalue weighted by molar-refractivity contribution is 0.552. The summed E-state index contributed by atoms with van der Waals surface area (Å²) in [6.07, 6.45) is 1.81. The summed E-state index contributed by atoms with van der Waals surface area (Å²) in [4.78, 5) is 9.80. The molecule has 0 bridgehead atoms. The van der Waals surface area contributed by atoms with Gasteiger partial charge in [0.2, 0.25) is 0 Å². The third kappa shape index (κ3) is 2.73. The van der Waals surface area contributed by atoms with Crippen LogP contribution in [0, 0.1) is 5.92 Å². The van der Waals surface area contributed by atoms with Crippen LogP contribution in [-0.4, -0.2) is 16.5 Å². The molecule has 2 aromatic heterocycles. The molecule has 0 amide bonds. The van der Waals surface area contributed by atoms with Gasteiger partial charge in [0.15, 0.2) is 0 Å². The van der Waals surface area contributed by atoms with Crippen LogP contribution >= 0.6 is 11.3 Å². The number of hydrogen-bond donors (Lipinski definition) is 1. The molecule has 0 fully saturated rings. The fourth-order valence-corrected chi connectivity index (χ4v) is 2.23. The lowest BCUT2D eigenvalue weighted by Gasteiger charge is -2.04. The standard InChI is InChI=1S/C11H15N3S/c1-8(2)6-12-7-10-14-9-4-3-5-13-11(9)15-10/h3-5,8,12H,6-7H2,1-2H3. The van der Waals surface area contributed by atoms with E-state index in [1.165, 1.54) is 0 Å². The summed E-state index contributed by atoms with van der Waals surface area (Å²) >= 11 is 1.66. The number of fused-ring (bicyclic) bond motifs is 1. The molecule has 0 aliphatic carbocycles. The van der Waals surface area contributed by atoms with Gasteiger partial charge in [-0.25, -0.2) is 9.97 Å². The molecule has 2 aromatic rings. The zero-order valence-corrected chi connectivity index (χ0v) is 9.84. The van der Waals surface area contributed by atoms with E-state index in [1.807, 2.05) is 18.3 Å². The van der Waals surface area contributed by atoms with Crippen LogP contribution in [0.3, 0.4) is 0 Å². The lowest BCUT2D eigenvalue weighted by Crippen LogP contribution is -2.18. The average molecular weight is 221 g/mol. The van der Waals surface area contributed by atoms with Crippen molar-refractivity contribution in [2.24, 2.45) is 5.92 Å². The quantitative estimate of drug-likeness (QED) is 0.861. The molecule has 2 rings (SSSR count). The smallest absolute Gasteiger partial charge is 0.143 e. The number of aromatic nitrogens is 2. The number of rotatable bonds is 4. The Labute approximate surface area is 93.6 Å². The van der Waals surface area contributed by atoms with Crippen molar-refractivity contribution in [1.82, 2.24) is 15.3 Å². The molecule has 0 aromatic carbocycles. The average Bonchev–Trinajstić information content (AvgIpc) is 2.59. The van der Waals surface area contributed by atoms with E-state index >= 15 is 0 Å². The molecule has 0 aliphatic rings. The molecular formula is C11H15N3S. The van der Waals surface area contributed by atoms with Crippen LogP contribution in [0.4, 0.5) is 0 Å². The first-order chi connectivity index (χ1) is 7.25. The van der Waals surface area contributed by atoms with E-state index in [-0.39, 0.29) is 0 Å². The first-order valence-electron chi connectivity index (χ1n) is 5.17. The third-order valence-corrected chi connectivity index (χ3v) is 3.02. The van der Waals surface area contributed by atoms with Crippen molar-refractivity contribution in [3.8, 4) is 0 Å². The Morgan fingerprint density at radius 3 is 3.07 bits per heavy atom. The van der Waals surface area contributed by atoms with Crippen LogP contribution in [0.1, 0.15) is 18.9 Å². The molecule has 0 aliphatic heterocycles. The van der Waals surface area contributed by atoms with E-state index < -0.39 is 0 Å². The van der Waals surface area contributed by atoms with Gasteiger partial charge in [0, 0.05) is 12.7 Å². The van der Waals surface area contributed by atoms with Crippen molar-refractivity contribution in [1.29, 1.82) is 0 Å². The molecule has 4 heteroatoms. The topological polar surface area (TPSA) is 37.8 Å². The van der Waals surface area contributed by atoms with Crippen molar-refractivity contribution < 1.29 is 0 Å². The summed E-state index contributed by atoms with van der Waals surface area (Å²) < 4.78 is 0. The second-order valence-corrected chi connectivity index (χ2v) is 5.02. The van der Waals surface area contributed by atoms with Crippen LogP contribution in [0.25, 0.3) is 10.3 Å². The minimum absolute atomic E-state index is 0.678. The first-order valence-corrected chi connectivity index (χ1v) is 5.98. The van der Waals surface area contributed by atoms with E-state index in [0.717, 1.165) is 28.4 Å². The van der Waals surface area contributed by atoms with Crippen molar-refractivity contribution in [3.05, 3.63) is 23.3 Å². The highest BCUT2D eigenvalue weighted by molar-refractivity contribution is 7.18. The molecule has 0 saturated heterocycles. The van der Waals surface area contributed by atoms with Gasteiger partial charge in [-0.1, -0.05) is 25.2 Å². The number of nitrogens with zero attached hydrogens (tertiary/aromatic N) is 2. The molecule has 2 heterocycles. The summed E-state index contributed by atoms with van der Waals surface area (Å²) in [5, 5.41) is 4.50. The minimum Gasteiger partial charge on any atom is -0.310 e. The summed E-state index contributed by atoms with van der Waals surface area (Å²) in [7, 11) is 0. The van der Waals surface area contributed by atoms with Gasteiger partial charge in [-0.15, -0.1) is 0 Å². The van der Waals surface area contributed by atoms with Gasteiger partial charge < -0.3 is 5.32 Å². The highest BCUT2D eigenvalue weighted by Crippen LogP contribution is 2.18. The Balaban J connectivity index is 2.03. The van der Waals surface area contributed by atoms with Gasteiger partial charge in [-0.3, -0.25) is 0 Å². The Bertz CT molecular complexity index is 403. The summed E-state index contributed by atoms with van der Waals surface area (Å²) in [6.45, 7) is 6.28. The van der Waals surface area contributed by atoms with E-state index in [1.54, 1.807) is 11.3 Å². The molecule has 0 atom stereocenters. The summed E-state index contributed by atoms with van der Waals surface area (Å²) in [6, 6.07) is 3.93. The first kappa shape index (κ1) is 10.5. The Morgan fingerprint density at radius 2 is 2.33 bits per heavy atom. The molecule has 0 spiro atoms. The highest BCUT2D eigenvalue weighted by atomic mass is 32.1. The van der Waals surface area contributed by atoms with Gasteiger partial charge in [0.05, 0.1) is 0 Å². The second kappa shape index (κ2) is 4.68. The predicted octanol–water partition coefficient (Wildman–Crippen LogP) is 2.44. The fourth-order valence-electron chi connectivity index (χ4n) is 1.36. The molecule has 15 heavy (non-hydrogen) atoms. The molecule has 0 saturated carbocycles. The van der Waals surface area contributed by atoms with Crippen LogP contribution in [0.15, 0.2) is 18.3 Å². The van der Waals surface area contributed by atoms with Gasteiger partial charge in [-0.05, 0) is 24.6 Å². The van der Waals surface area contributed by atoms with Gasteiger partial charge in [0.25, 0.3) is 0 Å². The molecular weight excluding hydrogens is 206 g/mol. The monoisotopic (exact) mass is 221 g/mol. The van der Waals surface area contributed by atoms with Gasteiger partial charge in [0.1, 0.15) is 15.4 Å². The van der Waals surface area contributed by atoms with Crippen molar-refractivity contribution in [3.63, 3.8) is 0 Å². The Kier molecular flexibility index (Phi) is 3.28. The highest BCUT2D eigenvalue weighted by Gasteiger charge is 2.03. The van der Waals surface area contributed by atoms with Crippen molar-refractivity contribution >= 4 is 21.7 Å². The largest absolute Gasteiger partial charge is 0.310 e. The maximum absolute atomic E-state index is 4.50. The maximum Gasteiger partial charge on any atom is 0.143 e. The van der Waals surface area contributed by atoms with E-state index in [9.17, 15) is 0 Å². The number of nitrogens with one attached hydrogen (secondary N) is 1. The molecule has 3 nitrogen and oxygen atoms in total. The molecule has 0 radical (unpaired) electrons. The predicted molar refractivity (Wildman–Crippen MR) is 64.0 cm³/mol. The molecule has 80 valence electrons. The zero-order chi connectivity index (χ0) is 10.7. The summed E-state index contributed by atoms with van der Waals surface area (Å²) in [5.74, 6) is 0.678. The van der Waals surface area contributed by atoms with E-state index in [4.69, 9.17) is 0 Å². The minimum atomic E-state index is 0.678. The Hall–Kier alpha value is -1.00. The van der Waals surface area contributed by atoms with Crippen molar-refractivity contribution in [2.45, 2.75) is 20.4 Å². The fraction of sp³-hybridized carbons (Fsp3) is 0.455. The number of pyridine rings is 1. The second-order valence-electron chi connectivity index (χ2n) is 3.96. The third-order valence-electron chi connectivity index (χ3n) is 2.04. The SMILES string of the molecule is CC(C)CNCc1nc2cccnc2s1. The normalized spacial score (nSPS) is 11.4. The van der Waals surface area contributed by atoms with Gasteiger partial charge >= 0.3 is 0 Å². The van der Waals surface area contributed by atoms with Crippen LogP contribution in [0.2, 0.25) is 0 Å². The molecule has 1 N–H and O–H groups in total. The Morgan fingerprint density at radius 1 is 1.47 bits per heavy atom. The van der Waals surface area contributed by atoms with Crippen LogP contribution in [0.5, 0.6) is 0 Å². The van der Waals surface area contributed by atoms with Crippen LogP contribution in [-0.2, 0) is 6.54 Å². The number of hydrogen-bond acceptors (Lipinski definition) is 4. The van der Waals surface area contributed by atoms with E-state index in [2.05, 4.69) is 29.1 Å². The lowest BCUT2D eigenvalue weighted by atomic mass is 10.2. The number of thiazole rings is 1. The summed E-state index contributed by atoms with van der Waals surface area (Å²) in [5.41, 5.74) is 1.00. The van der Waals surface area contributed by atoms with Gasteiger partial charge in [-0.2, -0.15) is 0 Å².